The SMILES string of the molecule is CC[Si](C)(C)C1OC=CC1C(=O)O. The summed E-state index contributed by atoms with van der Waals surface area (Å²) in [4.78, 5) is 10.9. The van der Waals surface area contributed by atoms with Crippen molar-refractivity contribution in [2.75, 3.05) is 0 Å². The summed E-state index contributed by atoms with van der Waals surface area (Å²) in [5.74, 6) is -1.20. The van der Waals surface area contributed by atoms with Gasteiger partial charge in [0, 0.05) is 0 Å². The van der Waals surface area contributed by atoms with E-state index in [1.165, 1.54) is 6.26 Å². The van der Waals surface area contributed by atoms with Crippen LogP contribution in [0.4, 0.5) is 0 Å². The molecule has 1 heterocycles. The van der Waals surface area contributed by atoms with Crippen molar-refractivity contribution in [3.05, 3.63) is 12.3 Å². The molecule has 1 rings (SSSR count). The topological polar surface area (TPSA) is 46.5 Å². The first-order valence-electron chi connectivity index (χ1n) is 4.54. The molecule has 0 amide bonds. The molecule has 2 unspecified atom stereocenters. The fraction of sp³-hybridized carbons (Fsp3) is 0.667. The highest BCUT2D eigenvalue weighted by Crippen LogP contribution is 2.28. The summed E-state index contributed by atoms with van der Waals surface area (Å²) < 4.78 is 5.38. The lowest BCUT2D eigenvalue weighted by Crippen LogP contribution is -2.46. The number of hydrogen-bond acceptors (Lipinski definition) is 2. The van der Waals surface area contributed by atoms with Gasteiger partial charge in [-0.25, -0.2) is 0 Å². The maximum absolute atomic E-state index is 10.9. The van der Waals surface area contributed by atoms with E-state index in [2.05, 4.69) is 20.0 Å². The summed E-state index contributed by atoms with van der Waals surface area (Å²) in [6.07, 6.45) is 3.19. The molecule has 0 aromatic heterocycles. The number of rotatable bonds is 3. The van der Waals surface area contributed by atoms with Crippen LogP contribution >= 0.6 is 0 Å². The van der Waals surface area contributed by atoms with Crippen molar-refractivity contribution in [3.8, 4) is 0 Å². The summed E-state index contributed by atoms with van der Waals surface area (Å²) in [5.41, 5.74) is -0.0880. The minimum atomic E-state index is -1.54. The molecule has 0 radical (unpaired) electrons. The number of carbonyl (C=O) groups is 1. The van der Waals surface area contributed by atoms with E-state index in [0.717, 1.165) is 6.04 Å². The third-order valence-corrected chi connectivity index (χ3v) is 6.66. The van der Waals surface area contributed by atoms with E-state index in [1.54, 1.807) is 6.08 Å². The highest BCUT2D eigenvalue weighted by Gasteiger charge is 2.42. The van der Waals surface area contributed by atoms with Gasteiger partial charge < -0.3 is 9.84 Å². The van der Waals surface area contributed by atoms with Crippen LogP contribution in [0.15, 0.2) is 12.3 Å². The summed E-state index contributed by atoms with van der Waals surface area (Å²) >= 11 is 0. The maximum atomic E-state index is 10.9. The zero-order valence-electron chi connectivity index (χ0n) is 8.28. The van der Waals surface area contributed by atoms with Crippen molar-refractivity contribution in [1.29, 1.82) is 0 Å². The quantitative estimate of drug-likeness (QED) is 0.707. The lowest BCUT2D eigenvalue weighted by atomic mass is 10.2. The standard InChI is InChI=1S/C9H16O3Si/c1-4-13(2,3)9-7(8(10)11)5-6-12-9/h5-7,9H,4H2,1-3H3,(H,10,11). The fourth-order valence-electron chi connectivity index (χ4n) is 1.48. The molecule has 0 spiro atoms. The average Bonchev–Trinajstić information content (AvgIpc) is 2.52. The van der Waals surface area contributed by atoms with Gasteiger partial charge in [-0.15, -0.1) is 0 Å². The second kappa shape index (κ2) is 3.53. The van der Waals surface area contributed by atoms with E-state index < -0.39 is 20.0 Å². The lowest BCUT2D eigenvalue weighted by Gasteiger charge is -2.30. The number of ether oxygens (including phenoxy) is 1. The predicted molar refractivity (Wildman–Crippen MR) is 53.1 cm³/mol. The minimum Gasteiger partial charge on any atom is -0.501 e. The van der Waals surface area contributed by atoms with Crippen LogP contribution in [0.2, 0.25) is 19.1 Å². The van der Waals surface area contributed by atoms with Crippen molar-refractivity contribution in [3.63, 3.8) is 0 Å². The van der Waals surface area contributed by atoms with Crippen LogP contribution in [0.5, 0.6) is 0 Å². The normalized spacial score (nSPS) is 27.3. The van der Waals surface area contributed by atoms with Crippen molar-refractivity contribution in [2.24, 2.45) is 5.92 Å². The first-order chi connectivity index (χ1) is 5.99. The lowest BCUT2D eigenvalue weighted by molar-refractivity contribution is -0.141. The van der Waals surface area contributed by atoms with Gasteiger partial charge in [0.2, 0.25) is 0 Å². The number of carboxylic acids is 1. The monoisotopic (exact) mass is 200 g/mol. The van der Waals surface area contributed by atoms with Gasteiger partial charge in [0.15, 0.2) is 0 Å². The van der Waals surface area contributed by atoms with E-state index >= 15 is 0 Å². The fourth-order valence-corrected chi connectivity index (χ4v) is 3.56. The Balaban J connectivity index is 2.77. The van der Waals surface area contributed by atoms with Crippen LogP contribution in [0.25, 0.3) is 0 Å². The zero-order valence-corrected chi connectivity index (χ0v) is 9.28. The third-order valence-electron chi connectivity index (χ3n) is 2.80. The summed E-state index contributed by atoms with van der Waals surface area (Å²) in [6, 6.07) is 1.04. The smallest absolute Gasteiger partial charge is 0.313 e. The van der Waals surface area contributed by atoms with Gasteiger partial charge in [-0.05, 0) is 6.08 Å². The Morgan fingerprint density at radius 3 is 2.69 bits per heavy atom. The predicted octanol–water partition coefficient (Wildman–Crippen LogP) is 1.87. The van der Waals surface area contributed by atoms with Crippen LogP contribution in [0.1, 0.15) is 6.92 Å². The van der Waals surface area contributed by atoms with E-state index in [0.29, 0.717) is 0 Å². The molecule has 0 aromatic carbocycles. The van der Waals surface area contributed by atoms with Crippen LogP contribution < -0.4 is 0 Å². The second-order valence-corrected chi connectivity index (χ2v) is 9.34. The van der Waals surface area contributed by atoms with Crippen LogP contribution in [0.3, 0.4) is 0 Å². The maximum Gasteiger partial charge on any atom is 0.313 e. The van der Waals surface area contributed by atoms with Gasteiger partial charge in [-0.1, -0.05) is 26.1 Å². The highest BCUT2D eigenvalue weighted by atomic mass is 28.3. The third kappa shape index (κ3) is 1.93. The van der Waals surface area contributed by atoms with Gasteiger partial charge in [0.25, 0.3) is 0 Å². The Bertz CT molecular complexity index is 235. The number of carboxylic acid groups (broad SMARTS) is 1. The first kappa shape index (κ1) is 10.3. The Kier molecular flexibility index (Phi) is 2.80. The molecule has 1 N–H and O–H groups in total. The molecule has 1 aliphatic heterocycles. The van der Waals surface area contributed by atoms with Crippen molar-refractivity contribution in [1.82, 2.24) is 0 Å². The van der Waals surface area contributed by atoms with Gasteiger partial charge in [-0.3, -0.25) is 4.79 Å². The summed E-state index contributed by atoms with van der Waals surface area (Å²) in [5, 5.41) is 8.93. The molecule has 1 aliphatic rings. The molecule has 0 saturated carbocycles. The Hall–Kier alpha value is -0.773. The second-order valence-electron chi connectivity index (χ2n) is 4.09. The van der Waals surface area contributed by atoms with E-state index in [9.17, 15) is 4.79 Å². The minimum absolute atomic E-state index is 0.0880. The van der Waals surface area contributed by atoms with E-state index in [4.69, 9.17) is 9.84 Å². The van der Waals surface area contributed by atoms with Gasteiger partial charge in [0.1, 0.15) is 11.6 Å². The van der Waals surface area contributed by atoms with Gasteiger partial charge in [0.05, 0.1) is 14.3 Å². The van der Waals surface area contributed by atoms with Gasteiger partial charge in [-0.2, -0.15) is 0 Å². The molecular formula is C9H16O3Si. The molecule has 2 atom stereocenters. The zero-order chi connectivity index (χ0) is 10.1. The summed E-state index contributed by atoms with van der Waals surface area (Å²) in [6.45, 7) is 6.44. The first-order valence-corrected chi connectivity index (χ1v) is 7.82. The van der Waals surface area contributed by atoms with Crippen LogP contribution in [-0.2, 0) is 9.53 Å². The molecule has 0 aliphatic carbocycles. The van der Waals surface area contributed by atoms with Gasteiger partial charge >= 0.3 is 5.97 Å². The Morgan fingerprint density at radius 2 is 2.23 bits per heavy atom. The van der Waals surface area contributed by atoms with Crippen LogP contribution in [-0.4, -0.2) is 24.9 Å². The average molecular weight is 200 g/mol. The highest BCUT2D eigenvalue weighted by molar-refractivity contribution is 6.78. The van der Waals surface area contributed by atoms with E-state index in [1.807, 2.05) is 0 Å². The molecule has 0 aromatic rings. The molecule has 4 heteroatoms. The summed E-state index contributed by atoms with van der Waals surface area (Å²) in [7, 11) is -1.54. The Morgan fingerprint density at radius 1 is 1.62 bits per heavy atom. The number of hydrogen-bond donors (Lipinski definition) is 1. The van der Waals surface area contributed by atoms with Crippen molar-refractivity contribution < 1.29 is 14.6 Å². The largest absolute Gasteiger partial charge is 0.501 e. The number of aliphatic carboxylic acids is 1. The van der Waals surface area contributed by atoms with E-state index in [-0.39, 0.29) is 5.73 Å². The molecule has 0 saturated heterocycles. The molecule has 74 valence electrons. The molecule has 13 heavy (non-hydrogen) atoms. The Labute approximate surface area is 79.4 Å². The van der Waals surface area contributed by atoms with Crippen LogP contribution in [0, 0.1) is 5.92 Å². The molecule has 0 bridgehead atoms. The molecule has 0 fully saturated rings. The molecule has 3 nitrogen and oxygen atoms in total. The molecular weight excluding hydrogens is 184 g/mol. The van der Waals surface area contributed by atoms with Crippen molar-refractivity contribution >= 4 is 14.0 Å². The van der Waals surface area contributed by atoms with Crippen molar-refractivity contribution in [2.45, 2.75) is 31.8 Å².